The summed E-state index contributed by atoms with van der Waals surface area (Å²) in [6.45, 7) is 0. The Morgan fingerprint density at radius 1 is 1.26 bits per heavy atom. The topological polar surface area (TPSA) is 53.8 Å². The highest BCUT2D eigenvalue weighted by atomic mass is 35.5. The number of phenols is 1. The van der Waals surface area contributed by atoms with E-state index < -0.39 is 11.7 Å². The van der Waals surface area contributed by atoms with Crippen molar-refractivity contribution in [3.05, 3.63) is 52.5 Å². The zero-order valence-corrected chi connectivity index (χ0v) is 12.6. The monoisotopic (exact) mass is 344 g/mol. The zero-order chi connectivity index (χ0) is 17.0. The number of para-hydroxylation sites is 1. The van der Waals surface area contributed by atoms with Crippen LogP contribution in [0.15, 0.2) is 41.5 Å². The molecule has 8 heteroatoms. The molecule has 23 heavy (non-hydrogen) atoms. The molecular formula is C15H12ClF3N2O2. The number of phenolic OH excluding ortho intramolecular Hbond substituents is 1. The van der Waals surface area contributed by atoms with E-state index in [0.29, 0.717) is 5.56 Å². The second-order valence-electron chi connectivity index (χ2n) is 4.47. The van der Waals surface area contributed by atoms with E-state index in [9.17, 15) is 18.3 Å². The van der Waals surface area contributed by atoms with Crippen molar-refractivity contribution in [2.75, 3.05) is 12.5 Å². The molecule has 0 radical (unpaired) electrons. The van der Waals surface area contributed by atoms with Gasteiger partial charge in [-0.2, -0.15) is 18.3 Å². The number of nitrogens with zero attached hydrogens (tertiary/aromatic N) is 1. The van der Waals surface area contributed by atoms with Crippen LogP contribution < -0.4 is 10.2 Å². The molecule has 2 N–H and O–H groups in total. The minimum absolute atomic E-state index is 0.0430. The average Bonchev–Trinajstić information content (AvgIpc) is 2.50. The lowest BCUT2D eigenvalue weighted by atomic mass is 10.2. The molecule has 2 aromatic carbocycles. The first-order valence-corrected chi connectivity index (χ1v) is 6.72. The Morgan fingerprint density at radius 3 is 2.61 bits per heavy atom. The van der Waals surface area contributed by atoms with Crippen LogP contribution in [0.3, 0.4) is 0 Å². The Balaban J connectivity index is 2.22. The molecule has 4 nitrogen and oxygen atoms in total. The lowest BCUT2D eigenvalue weighted by molar-refractivity contribution is -0.136. The average molecular weight is 345 g/mol. The van der Waals surface area contributed by atoms with Crippen LogP contribution >= 0.6 is 11.6 Å². The summed E-state index contributed by atoms with van der Waals surface area (Å²) in [7, 11) is 1.35. The molecule has 2 rings (SSSR count). The molecule has 2 aromatic rings. The van der Waals surface area contributed by atoms with Crippen LogP contribution in [0.5, 0.6) is 11.5 Å². The Kier molecular flexibility index (Phi) is 5.00. The molecule has 0 spiro atoms. The van der Waals surface area contributed by atoms with Gasteiger partial charge in [-0.15, -0.1) is 0 Å². The highest BCUT2D eigenvalue weighted by Crippen LogP contribution is 2.35. The number of benzene rings is 2. The SMILES string of the molecule is COc1cc(/C=N/Nc2ccccc2C(F)(F)F)cc(Cl)c1O. The number of halogens is 4. The van der Waals surface area contributed by atoms with Gasteiger partial charge in [-0.05, 0) is 29.8 Å². The standard InChI is InChI=1S/C15H12ClF3N2O2/c1-23-13-7-9(6-11(16)14(13)22)8-20-21-12-5-3-2-4-10(12)15(17,18)19/h2-8,21-22H,1H3/b20-8+. The third kappa shape index (κ3) is 4.07. The molecule has 0 saturated carbocycles. The van der Waals surface area contributed by atoms with E-state index in [1.54, 1.807) is 0 Å². The quantitative estimate of drug-likeness (QED) is 0.633. The minimum atomic E-state index is -4.48. The van der Waals surface area contributed by atoms with Gasteiger partial charge in [0.2, 0.25) is 0 Å². The van der Waals surface area contributed by atoms with E-state index in [2.05, 4.69) is 10.5 Å². The van der Waals surface area contributed by atoms with E-state index in [4.69, 9.17) is 16.3 Å². The van der Waals surface area contributed by atoms with Gasteiger partial charge in [0.15, 0.2) is 11.5 Å². The maximum atomic E-state index is 12.8. The smallest absolute Gasteiger partial charge is 0.418 e. The van der Waals surface area contributed by atoms with Gasteiger partial charge in [0, 0.05) is 0 Å². The van der Waals surface area contributed by atoms with Crippen molar-refractivity contribution in [1.82, 2.24) is 0 Å². The van der Waals surface area contributed by atoms with E-state index in [1.165, 1.54) is 43.7 Å². The van der Waals surface area contributed by atoms with Crippen molar-refractivity contribution in [1.29, 1.82) is 0 Å². The first-order valence-electron chi connectivity index (χ1n) is 6.34. The van der Waals surface area contributed by atoms with Gasteiger partial charge in [-0.3, -0.25) is 5.43 Å². The molecule has 0 aliphatic rings. The number of hydrogen-bond donors (Lipinski definition) is 2. The van der Waals surface area contributed by atoms with Crippen molar-refractivity contribution in [2.24, 2.45) is 5.10 Å². The molecule has 0 aromatic heterocycles. The third-order valence-electron chi connectivity index (χ3n) is 2.90. The molecular weight excluding hydrogens is 333 g/mol. The maximum absolute atomic E-state index is 12.8. The Bertz CT molecular complexity index is 733. The number of ether oxygens (including phenoxy) is 1. The highest BCUT2D eigenvalue weighted by molar-refractivity contribution is 6.32. The molecule has 0 heterocycles. The van der Waals surface area contributed by atoms with Gasteiger partial charge in [0.1, 0.15) is 0 Å². The van der Waals surface area contributed by atoms with Crippen LogP contribution in [-0.2, 0) is 6.18 Å². The van der Waals surface area contributed by atoms with Crippen LogP contribution in [0.25, 0.3) is 0 Å². The molecule has 0 amide bonds. The van der Waals surface area contributed by atoms with Gasteiger partial charge in [-0.25, -0.2) is 0 Å². The lowest BCUT2D eigenvalue weighted by Crippen LogP contribution is -2.08. The summed E-state index contributed by atoms with van der Waals surface area (Å²) >= 11 is 5.82. The second kappa shape index (κ2) is 6.78. The second-order valence-corrected chi connectivity index (χ2v) is 4.87. The summed E-state index contributed by atoms with van der Waals surface area (Å²) in [6, 6.07) is 7.83. The molecule has 0 bridgehead atoms. The number of anilines is 1. The molecule has 0 fully saturated rings. The Labute approximate surface area is 135 Å². The molecule has 0 aliphatic heterocycles. The van der Waals surface area contributed by atoms with Gasteiger partial charge >= 0.3 is 6.18 Å². The largest absolute Gasteiger partial charge is 0.503 e. The first kappa shape index (κ1) is 17.0. The fourth-order valence-corrected chi connectivity index (χ4v) is 2.05. The molecule has 122 valence electrons. The number of nitrogens with one attached hydrogen (secondary N) is 1. The number of aromatic hydroxyl groups is 1. The van der Waals surface area contributed by atoms with Crippen LogP contribution in [0.4, 0.5) is 18.9 Å². The van der Waals surface area contributed by atoms with Crippen LogP contribution in [0, 0.1) is 0 Å². The maximum Gasteiger partial charge on any atom is 0.418 e. The van der Waals surface area contributed by atoms with Gasteiger partial charge in [-0.1, -0.05) is 23.7 Å². The van der Waals surface area contributed by atoms with Crippen molar-refractivity contribution in [2.45, 2.75) is 6.18 Å². The Morgan fingerprint density at radius 2 is 1.96 bits per heavy atom. The minimum Gasteiger partial charge on any atom is -0.503 e. The number of hydrogen-bond acceptors (Lipinski definition) is 4. The van der Waals surface area contributed by atoms with Crippen molar-refractivity contribution < 1.29 is 23.0 Å². The van der Waals surface area contributed by atoms with E-state index in [1.807, 2.05) is 0 Å². The van der Waals surface area contributed by atoms with Crippen LogP contribution in [0.2, 0.25) is 5.02 Å². The Hall–Kier alpha value is -2.41. The van der Waals surface area contributed by atoms with Gasteiger partial charge in [0.05, 0.1) is 29.6 Å². The van der Waals surface area contributed by atoms with Gasteiger partial charge < -0.3 is 9.84 Å². The van der Waals surface area contributed by atoms with Crippen LogP contribution in [-0.4, -0.2) is 18.4 Å². The lowest BCUT2D eigenvalue weighted by Gasteiger charge is -2.11. The van der Waals surface area contributed by atoms with Crippen molar-refractivity contribution >= 4 is 23.5 Å². The number of rotatable bonds is 4. The zero-order valence-electron chi connectivity index (χ0n) is 11.9. The fraction of sp³-hybridized carbons (Fsp3) is 0.133. The third-order valence-corrected chi connectivity index (χ3v) is 3.19. The number of methoxy groups -OCH3 is 1. The summed E-state index contributed by atoms with van der Waals surface area (Å²) in [5.74, 6) is -0.0867. The molecule has 0 unspecified atom stereocenters. The molecule has 0 atom stereocenters. The van der Waals surface area contributed by atoms with Gasteiger partial charge in [0.25, 0.3) is 0 Å². The predicted molar refractivity (Wildman–Crippen MR) is 82.3 cm³/mol. The van der Waals surface area contributed by atoms with E-state index >= 15 is 0 Å². The molecule has 0 saturated heterocycles. The number of hydrazone groups is 1. The normalized spacial score (nSPS) is 11.7. The summed E-state index contributed by atoms with van der Waals surface area (Å²) in [5.41, 5.74) is 1.79. The number of alkyl halides is 3. The first-order chi connectivity index (χ1) is 10.8. The summed E-state index contributed by atoms with van der Waals surface area (Å²) < 4.78 is 43.5. The van der Waals surface area contributed by atoms with E-state index in [-0.39, 0.29) is 22.2 Å². The van der Waals surface area contributed by atoms with Crippen LogP contribution in [0.1, 0.15) is 11.1 Å². The van der Waals surface area contributed by atoms with E-state index in [0.717, 1.165) is 6.07 Å². The molecule has 0 aliphatic carbocycles. The fourth-order valence-electron chi connectivity index (χ4n) is 1.83. The van der Waals surface area contributed by atoms with Crippen molar-refractivity contribution in [3.8, 4) is 11.5 Å². The predicted octanol–water partition coefficient (Wildman–Crippen LogP) is 4.52. The summed E-state index contributed by atoms with van der Waals surface area (Å²) in [6.07, 6.45) is -3.22. The highest BCUT2D eigenvalue weighted by Gasteiger charge is 2.33. The van der Waals surface area contributed by atoms with Crippen molar-refractivity contribution in [3.63, 3.8) is 0 Å². The summed E-state index contributed by atoms with van der Waals surface area (Å²) in [5, 5.41) is 13.4. The summed E-state index contributed by atoms with van der Waals surface area (Å²) in [4.78, 5) is 0.